The summed E-state index contributed by atoms with van der Waals surface area (Å²) in [6.07, 6.45) is 0. The van der Waals surface area contributed by atoms with Gasteiger partial charge in [-0.2, -0.15) is 0 Å². The first-order chi connectivity index (χ1) is 9.21. The minimum atomic E-state index is 0.711. The first-order valence-electron chi connectivity index (χ1n) is 7.05. The summed E-state index contributed by atoms with van der Waals surface area (Å²) < 4.78 is 5.88. The third-order valence-corrected chi connectivity index (χ3v) is 3.38. The predicted octanol–water partition coefficient (Wildman–Crippen LogP) is 3.17. The van der Waals surface area contributed by atoms with E-state index in [-0.39, 0.29) is 0 Å². The van der Waals surface area contributed by atoms with Gasteiger partial charge in [-0.3, -0.25) is 0 Å². The topological polar surface area (TPSA) is 24.5 Å². The molecular formula is C15H25ClN2O. The molecular weight excluding hydrogens is 260 g/mol. The summed E-state index contributed by atoms with van der Waals surface area (Å²) in [5, 5.41) is 4.06. The summed E-state index contributed by atoms with van der Waals surface area (Å²) in [5.74, 6) is 0.928. The summed E-state index contributed by atoms with van der Waals surface area (Å²) in [6, 6.07) is 5.80. The van der Waals surface area contributed by atoms with E-state index in [1.165, 1.54) is 0 Å². The molecule has 0 aliphatic heterocycles. The van der Waals surface area contributed by atoms with Crippen molar-refractivity contribution in [2.24, 2.45) is 0 Å². The zero-order valence-corrected chi connectivity index (χ0v) is 13.0. The van der Waals surface area contributed by atoms with Crippen LogP contribution in [-0.4, -0.2) is 37.7 Å². The molecule has 0 atom stereocenters. The van der Waals surface area contributed by atoms with Gasteiger partial charge in [0.15, 0.2) is 0 Å². The van der Waals surface area contributed by atoms with Crippen molar-refractivity contribution < 1.29 is 4.74 Å². The molecule has 0 unspecified atom stereocenters. The van der Waals surface area contributed by atoms with Crippen molar-refractivity contribution in [3.8, 4) is 5.75 Å². The van der Waals surface area contributed by atoms with Crippen LogP contribution in [-0.2, 0) is 6.54 Å². The first kappa shape index (κ1) is 16.3. The van der Waals surface area contributed by atoms with Crippen LogP contribution in [0.15, 0.2) is 18.2 Å². The number of rotatable bonds is 9. The molecule has 0 aliphatic carbocycles. The van der Waals surface area contributed by atoms with E-state index in [2.05, 4.69) is 31.0 Å². The first-order valence-corrected chi connectivity index (χ1v) is 7.43. The van der Waals surface area contributed by atoms with Crippen molar-refractivity contribution in [3.63, 3.8) is 0 Å². The molecule has 1 aromatic carbocycles. The Labute approximate surface area is 121 Å². The Hall–Kier alpha value is -0.770. The molecule has 0 aliphatic rings. The third kappa shape index (κ3) is 5.81. The molecule has 19 heavy (non-hydrogen) atoms. The van der Waals surface area contributed by atoms with Crippen LogP contribution >= 0.6 is 11.6 Å². The summed E-state index contributed by atoms with van der Waals surface area (Å²) in [7, 11) is 0. The van der Waals surface area contributed by atoms with E-state index in [0.29, 0.717) is 6.61 Å². The summed E-state index contributed by atoms with van der Waals surface area (Å²) in [4.78, 5) is 2.35. The van der Waals surface area contributed by atoms with Gasteiger partial charge in [-0.1, -0.05) is 32.4 Å². The monoisotopic (exact) mass is 284 g/mol. The standard InChI is InChI=1S/C15H25ClN2O/c1-4-17-12-13-11-14(16)7-8-15(13)19-10-9-18(5-2)6-3/h7-8,11,17H,4-6,9-10,12H2,1-3H3. The molecule has 0 saturated heterocycles. The lowest BCUT2D eigenvalue weighted by Crippen LogP contribution is -2.28. The zero-order chi connectivity index (χ0) is 14.1. The van der Waals surface area contributed by atoms with Gasteiger partial charge in [0.1, 0.15) is 12.4 Å². The van der Waals surface area contributed by atoms with Gasteiger partial charge in [-0.25, -0.2) is 0 Å². The second-order valence-corrected chi connectivity index (χ2v) is 4.84. The van der Waals surface area contributed by atoms with Crippen LogP contribution in [0, 0.1) is 0 Å². The molecule has 1 N–H and O–H groups in total. The van der Waals surface area contributed by atoms with Crippen LogP contribution < -0.4 is 10.1 Å². The van der Waals surface area contributed by atoms with E-state index in [9.17, 15) is 0 Å². The lowest BCUT2D eigenvalue weighted by Gasteiger charge is -2.19. The van der Waals surface area contributed by atoms with Crippen molar-refractivity contribution >= 4 is 11.6 Å². The van der Waals surface area contributed by atoms with Crippen LogP contribution in [0.25, 0.3) is 0 Å². The molecule has 0 amide bonds. The number of ether oxygens (including phenoxy) is 1. The fraction of sp³-hybridized carbons (Fsp3) is 0.600. The summed E-state index contributed by atoms with van der Waals surface area (Å²) in [5.41, 5.74) is 1.12. The SMILES string of the molecule is CCNCc1cc(Cl)ccc1OCCN(CC)CC. The Morgan fingerprint density at radius 2 is 1.95 bits per heavy atom. The Morgan fingerprint density at radius 1 is 1.21 bits per heavy atom. The average Bonchev–Trinajstić information content (AvgIpc) is 2.43. The van der Waals surface area contributed by atoms with Crippen molar-refractivity contribution in [1.29, 1.82) is 0 Å². The number of benzene rings is 1. The van der Waals surface area contributed by atoms with Gasteiger partial charge in [-0.15, -0.1) is 0 Å². The molecule has 0 saturated carbocycles. The van der Waals surface area contributed by atoms with E-state index >= 15 is 0 Å². The molecule has 0 aromatic heterocycles. The number of hydrogen-bond acceptors (Lipinski definition) is 3. The van der Waals surface area contributed by atoms with Gasteiger partial charge in [0.05, 0.1) is 0 Å². The van der Waals surface area contributed by atoms with Gasteiger partial charge in [0, 0.05) is 23.7 Å². The second kappa shape index (κ2) is 9.18. The minimum absolute atomic E-state index is 0.711. The Balaban J connectivity index is 2.56. The maximum Gasteiger partial charge on any atom is 0.123 e. The molecule has 0 bridgehead atoms. The lowest BCUT2D eigenvalue weighted by atomic mass is 10.2. The van der Waals surface area contributed by atoms with Crippen molar-refractivity contribution in [1.82, 2.24) is 10.2 Å². The summed E-state index contributed by atoms with van der Waals surface area (Å²) in [6.45, 7) is 11.9. The van der Waals surface area contributed by atoms with Gasteiger partial charge in [-0.05, 0) is 37.8 Å². The van der Waals surface area contributed by atoms with Crippen LogP contribution in [0.4, 0.5) is 0 Å². The predicted molar refractivity (Wildman–Crippen MR) is 82.1 cm³/mol. The fourth-order valence-electron chi connectivity index (χ4n) is 1.91. The van der Waals surface area contributed by atoms with Gasteiger partial charge >= 0.3 is 0 Å². The normalized spacial score (nSPS) is 11.0. The highest BCUT2D eigenvalue weighted by Gasteiger charge is 2.05. The highest BCUT2D eigenvalue weighted by molar-refractivity contribution is 6.30. The summed E-state index contributed by atoms with van der Waals surface area (Å²) >= 11 is 6.03. The molecule has 4 heteroatoms. The Kier molecular flexibility index (Phi) is 7.87. The largest absolute Gasteiger partial charge is 0.492 e. The molecule has 1 aromatic rings. The van der Waals surface area contributed by atoms with Crippen molar-refractivity contribution in [2.45, 2.75) is 27.3 Å². The molecule has 3 nitrogen and oxygen atoms in total. The Bertz CT molecular complexity index is 367. The van der Waals surface area contributed by atoms with E-state index in [4.69, 9.17) is 16.3 Å². The van der Waals surface area contributed by atoms with E-state index in [1.807, 2.05) is 18.2 Å². The maximum absolute atomic E-state index is 6.03. The van der Waals surface area contributed by atoms with Crippen molar-refractivity contribution in [3.05, 3.63) is 28.8 Å². The number of nitrogens with one attached hydrogen (secondary N) is 1. The molecule has 0 spiro atoms. The highest BCUT2D eigenvalue weighted by Crippen LogP contribution is 2.22. The third-order valence-electron chi connectivity index (χ3n) is 3.15. The highest BCUT2D eigenvalue weighted by atomic mass is 35.5. The Morgan fingerprint density at radius 3 is 2.58 bits per heavy atom. The number of likely N-dealkylation sites (N-methyl/N-ethyl adjacent to an activating group) is 1. The van der Waals surface area contributed by atoms with Crippen molar-refractivity contribution in [2.75, 3.05) is 32.8 Å². The maximum atomic E-state index is 6.03. The van der Waals surface area contributed by atoms with Crippen LogP contribution in [0.5, 0.6) is 5.75 Å². The second-order valence-electron chi connectivity index (χ2n) is 4.41. The van der Waals surface area contributed by atoms with E-state index < -0.39 is 0 Å². The lowest BCUT2D eigenvalue weighted by molar-refractivity contribution is 0.221. The molecule has 108 valence electrons. The quantitative estimate of drug-likeness (QED) is 0.754. The van der Waals surface area contributed by atoms with Gasteiger partial charge in [0.25, 0.3) is 0 Å². The zero-order valence-electron chi connectivity index (χ0n) is 12.2. The number of nitrogens with zero attached hydrogens (tertiary/aromatic N) is 1. The number of hydrogen-bond donors (Lipinski definition) is 1. The van der Waals surface area contributed by atoms with Crippen LogP contribution in [0.2, 0.25) is 5.02 Å². The van der Waals surface area contributed by atoms with Gasteiger partial charge < -0.3 is 15.0 Å². The number of halogens is 1. The fourth-order valence-corrected chi connectivity index (χ4v) is 2.11. The van der Waals surface area contributed by atoms with E-state index in [1.54, 1.807) is 0 Å². The average molecular weight is 285 g/mol. The van der Waals surface area contributed by atoms with Crippen LogP contribution in [0.3, 0.4) is 0 Å². The molecule has 0 radical (unpaired) electrons. The smallest absolute Gasteiger partial charge is 0.123 e. The van der Waals surface area contributed by atoms with Crippen LogP contribution in [0.1, 0.15) is 26.3 Å². The molecule has 1 rings (SSSR count). The molecule has 0 heterocycles. The van der Waals surface area contributed by atoms with E-state index in [0.717, 1.165) is 49.1 Å². The van der Waals surface area contributed by atoms with Gasteiger partial charge in [0.2, 0.25) is 0 Å². The minimum Gasteiger partial charge on any atom is -0.492 e. The molecule has 0 fully saturated rings.